The minimum Gasteiger partial charge on any atom is -0.351 e. The molecule has 1 aromatic rings. The van der Waals surface area contributed by atoms with Gasteiger partial charge in [0.05, 0.1) is 11.9 Å². The van der Waals surface area contributed by atoms with Gasteiger partial charge in [0.15, 0.2) is 0 Å². The van der Waals surface area contributed by atoms with Crippen LogP contribution in [-0.2, 0) is 10.0 Å². The third-order valence-electron chi connectivity index (χ3n) is 3.28. The molecule has 0 bridgehead atoms. The average molecular weight is 301 g/mol. The van der Waals surface area contributed by atoms with Gasteiger partial charge in [-0.25, -0.2) is 13.1 Å². The van der Waals surface area contributed by atoms with Gasteiger partial charge in [-0.2, -0.15) is 0 Å². The summed E-state index contributed by atoms with van der Waals surface area (Å²) in [7, 11) is -3.19. The topological polar surface area (TPSA) is 92.5 Å². The molecule has 0 aliphatic carbocycles. The molecule has 0 unspecified atom stereocenters. The summed E-state index contributed by atoms with van der Waals surface area (Å²) in [4.78, 5) is 13.9. The molecule has 8 heteroatoms. The van der Waals surface area contributed by atoms with E-state index in [2.05, 4.69) is 9.88 Å². The molecule has 112 valence electrons. The van der Waals surface area contributed by atoms with Gasteiger partial charge in [0.25, 0.3) is 5.91 Å². The van der Waals surface area contributed by atoms with E-state index in [-0.39, 0.29) is 17.6 Å². The molecule has 1 amide bonds. The maximum Gasteiger partial charge on any atom is 0.292 e. The first-order valence-corrected chi connectivity index (χ1v) is 8.41. The van der Waals surface area contributed by atoms with Gasteiger partial charge in [-0.3, -0.25) is 4.79 Å². The highest BCUT2D eigenvalue weighted by Gasteiger charge is 2.27. The molecule has 0 radical (unpaired) electrons. The van der Waals surface area contributed by atoms with Crippen LogP contribution in [0, 0.1) is 12.8 Å². The van der Waals surface area contributed by atoms with E-state index in [1.165, 1.54) is 0 Å². The van der Waals surface area contributed by atoms with Crippen molar-refractivity contribution in [2.45, 2.75) is 19.8 Å². The Hall–Kier alpha value is -1.41. The van der Waals surface area contributed by atoms with Crippen molar-refractivity contribution in [2.24, 2.45) is 5.92 Å². The summed E-state index contributed by atoms with van der Waals surface area (Å²) in [6, 6.07) is 1.61. The van der Waals surface area contributed by atoms with Crippen molar-refractivity contribution in [1.29, 1.82) is 0 Å². The fraction of sp³-hybridized carbons (Fsp3) is 0.667. The van der Waals surface area contributed by atoms with Crippen LogP contribution >= 0.6 is 0 Å². The normalized spacial score (nSPS) is 20.1. The zero-order chi connectivity index (χ0) is 14.8. The number of likely N-dealkylation sites (tertiary alicyclic amines) is 1. The third-order valence-corrected chi connectivity index (χ3v) is 3.97. The summed E-state index contributed by atoms with van der Waals surface area (Å²) < 4.78 is 29.7. The van der Waals surface area contributed by atoms with Crippen molar-refractivity contribution < 1.29 is 17.7 Å². The highest BCUT2D eigenvalue weighted by atomic mass is 32.2. The zero-order valence-electron chi connectivity index (χ0n) is 11.6. The summed E-state index contributed by atoms with van der Waals surface area (Å²) in [5.41, 5.74) is 0.667. The average Bonchev–Trinajstić information content (AvgIpc) is 2.82. The van der Waals surface area contributed by atoms with Crippen molar-refractivity contribution >= 4 is 15.9 Å². The molecule has 1 fully saturated rings. The zero-order valence-corrected chi connectivity index (χ0v) is 12.4. The number of piperidine rings is 1. The number of aromatic nitrogens is 1. The fourth-order valence-corrected chi connectivity index (χ4v) is 2.84. The number of sulfonamides is 1. The van der Waals surface area contributed by atoms with Crippen LogP contribution in [0.1, 0.15) is 29.1 Å². The van der Waals surface area contributed by atoms with Crippen LogP contribution in [0.2, 0.25) is 0 Å². The lowest BCUT2D eigenvalue weighted by molar-refractivity contribution is 0.0634. The number of aryl methyl sites for hydroxylation is 1. The number of carbonyl (C=O) groups excluding carboxylic acids is 1. The van der Waals surface area contributed by atoms with Gasteiger partial charge >= 0.3 is 0 Å². The minimum absolute atomic E-state index is 0.131. The molecule has 7 nitrogen and oxygen atoms in total. The number of hydrogen-bond acceptors (Lipinski definition) is 5. The van der Waals surface area contributed by atoms with Crippen molar-refractivity contribution in [3.63, 3.8) is 0 Å². The van der Waals surface area contributed by atoms with Gasteiger partial charge in [0, 0.05) is 25.7 Å². The molecule has 1 saturated heterocycles. The molecule has 1 atom stereocenters. The first-order valence-electron chi connectivity index (χ1n) is 6.52. The van der Waals surface area contributed by atoms with Gasteiger partial charge in [0.2, 0.25) is 15.8 Å². The second-order valence-corrected chi connectivity index (χ2v) is 7.05. The smallest absolute Gasteiger partial charge is 0.292 e. The van der Waals surface area contributed by atoms with E-state index in [1.807, 2.05) is 0 Å². The minimum atomic E-state index is -3.19. The summed E-state index contributed by atoms with van der Waals surface area (Å²) in [6.45, 7) is 3.31. The van der Waals surface area contributed by atoms with Crippen LogP contribution in [-0.4, -0.2) is 50.3 Å². The Morgan fingerprint density at radius 3 is 2.95 bits per heavy atom. The molecular weight excluding hydrogens is 282 g/mol. The van der Waals surface area contributed by atoms with Crippen LogP contribution in [0.5, 0.6) is 0 Å². The molecule has 2 rings (SSSR count). The Bertz CT molecular complexity index is 581. The summed E-state index contributed by atoms with van der Waals surface area (Å²) in [5, 5.41) is 3.71. The number of amides is 1. The SMILES string of the molecule is Cc1cc(C(=O)N2CCC[C@H](CNS(C)(=O)=O)C2)on1. The number of nitrogens with zero attached hydrogens (tertiary/aromatic N) is 2. The lowest BCUT2D eigenvalue weighted by atomic mass is 9.98. The predicted molar refractivity (Wildman–Crippen MR) is 72.7 cm³/mol. The van der Waals surface area contributed by atoms with E-state index in [4.69, 9.17) is 4.52 Å². The summed E-state index contributed by atoms with van der Waals surface area (Å²) in [5.74, 6) is 0.181. The molecule has 1 aliphatic heterocycles. The summed E-state index contributed by atoms with van der Waals surface area (Å²) in [6.07, 6.45) is 2.90. The van der Waals surface area contributed by atoms with E-state index in [9.17, 15) is 13.2 Å². The summed E-state index contributed by atoms with van der Waals surface area (Å²) >= 11 is 0. The number of hydrogen-bond donors (Lipinski definition) is 1. The molecule has 20 heavy (non-hydrogen) atoms. The van der Waals surface area contributed by atoms with Gasteiger partial charge < -0.3 is 9.42 Å². The molecule has 2 heterocycles. The first kappa shape index (κ1) is 15.0. The van der Waals surface area contributed by atoms with Crippen molar-refractivity contribution in [2.75, 3.05) is 25.9 Å². The predicted octanol–water partition coefficient (Wildman–Crippen LogP) is 0.384. The number of nitrogens with one attached hydrogen (secondary N) is 1. The second-order valence-electron chi connectivity index (χ2n) is 5.21. The monoisotopic (exact) mass is 301 g/mol. The standard InChI is InChI=1S/C12H19N3O4S/c1-9-6-11(19-14-9)12(16)15-5-3-4-10(8-15)7-13-20(2,17)18/h6,10,13H,3-5,7-8H2,1-2H3/t10-/m1/s1. The Kier molecular flexibility index (Phi) is 4.44. The van der Waals surface area contributed by atoms with E-state index < -0.39 is 10.0 Å². The first-order chi connectivity index (χ1) is 9.35. The van der Waals surface area contributed by atoms with Gasteiger partial charge in [-0.15, -0.1) is 0 Å². The van der Waals surface area contributed by atoms with Crippen molar-refractivity contribution in [1.82, 2.24) is 14.8 Å². The fourth-order valence-electron chi connectivity index (χ4n) is 2.31. The molecule has 1 N–H and O–H groups in total. The Balaban J connectivity index is 1.94. The number of carbonyl (C=O) groups is 1. The van der Waals surface area contributed by atoms with E-state index in [1.54, 1.807) is 17.9 Å². The van der Waals surface area contributed by atoms with E-state index in [0.717, 1.165) is 19.1 Å². The molecular formula is C12H19N3O4S. The lowest BCUT2D eigenvalue weighted by Gasteiger charge is -2.32. The molecule has 0 spiro atoms. The van der Waals surface area contributed by atoms with E-state index in [0.29, 0.717) is 25.3 Å². The maximum atomic E-state index is 12.2. The Labute approximate surface area is 118 Å². The highest BCUT2D eigenvalue weighted by Crippen LogP contribution is 2.18. The van der Waals surface area contributed by atoms with Crippen LogP contribution in [0.15, 0.2) is 10.6 Å². The van der Waals surface area contributed by atoms with Crippen molar-refractivity contribution in [3.8, 4) is 0 Å². The Morgan fingerprint density at radius 1 is 1.60 bits per heavy atom. The second kappa shape index (κ2) is 5.92. The quantitative estimate of drug-likeness (QED) is 0.868. The maximum absolute atomic E-state index is 12.2. The van der Waals surface area contributed by atoms with Crippen LogP contribution in [0.25, 0.3) is 0 Å². The van der Waals surface area contributed by atoms with Gasteiger partial charge in [-0.05, 0) is 25.7 Å². The Morgan fingerprint density at radius 2 is 2.35 bits per heavy atom. The largest absolute Gasteiger partial charge is 0.351 e. The van der Waals surface area contributed by atoms with Crippen LogP contribution in [0.4, 0.5) is 0 Å². The lowest BCUT2D eigenvalue weighted by Crippen LogP contribution is -2.43. The van der Waals surface area contributed by atoms with Gasteiger partial charge in [-0.1, -0.05) is 5.16 Å². The van der Waals surface area contributed by atoms with Crippen LogP contribution < -0.4 is 4.72 Å². The highest BCUT2D eigenvalue weighted by molar-refractivity contribution is 7.88. The van der Waals surface area contributed by atoms with Crippen molar-refractivity contribution in [3.05, 3.63) is 17.5 Å². The van der Waals surface area contributed by atoms with Crippen LogP contribution in [0.3, 0.4) is 0 Å². The molecule has 0 saturated carbocycles. The van der Waals surface area contributed by atoms with Gasteiger partial charge in [0.1, 0.15) is 0 Å². The number of rotatable bonds is 4. The molecule has 1 aliphatic rings. The third kappa shape index (κ3) is 4.04. The molecule has 0 aromatic carbocycles. The molecule has 1 aromatic heterocycles. The van der Waals surface area contributed by atoms with E-state index >= 15 is 0 Å².